The summed E-state index contributed by atoms with van der Waals surface area (Å²) in [5.41, 5.74) is 5.81. The van der Waals surface area contributed by atoms with Crippen LogP contribution in [0.2, 0.25) is 0 Å². The van der Waals surface area contributed by atoms with Crippen LogP contribution in [-0.4, -0.2) is 27.0 Å². The van der Waals surface area contributed by atoms with Crippen LogP contribution < -0.4 is 5.56 Å². The fourth-order valence-corrected chi connectivity index (χ4v) is 6.59. The maximum atomic E-state index is 13.9. The monoisotopic (exact) mass is 475 g/mol. The number of fused-ring (bicyclic) bond motifs is 3. The minimum Gasteiger partial charge on any atom is -0.296 e. The summed E-state index contributed by atoms with van der Waals surface area (Å²) >= 11 is 3.33. The third kappa shape index (κ3) is 4.39. The lowest BCUT2D eigenvalue weighted by molar-refractivity contribution is 0.206. The second-order valence-electron chi connectivity index (χ2n) is 9.14. The number of nitrogens with zero attached hydrogens (tertiary/aromatic N) is 3. The first-order valence-corrected chi connectivity index (χ1v) is 13.3. The van der Waals surface area contributed by atoms with Crippen LogP contribution in [-0.2, 0) is 18.7 Å². The van der Waals surface area contributed by atoms with Crippen molar-refractivity contribution >= 4 is 33.3 Å². The van der Waals surface area contributed by atoms with Gasteiger partial charge in [0.25, 0.3) is 5.56 Å². The summed E-state index contributed by atoms with van der Waals surface area (Å²) in [6.45, 7) is 10.5. The van der Waals surface area contributed by atoms with E-state index >= 15 is 0 Å². The number of hydrogen-bond donors (Lipinski definition) is 0. The first-order valence-electron chi connectivity index (χ1n) is 11.5. The van der Waals surface area contributed by atoms with Crippen molar-refractivity contribution < 1.29 is 0 Å². The predicted molar refractivity (Wildman–Crippen MR) is 140 cm³/mol. The number of thioether (sulfide) groups is 1. The molecule has 2 aromatic heterocycles. The third-order valence-electron chi connectivity index (χ3n) is 6.38. The highest BCUT2D eigenvalue weighted by Crippen LogP contribution is 2.35. The number of benzene rings is 2. The van der Waals surface area contributed by atoms with Crippen molar-refractivity contribution in [2.45, 2.75) is 57.6 Å². The Balaban J connectivity index is 1.62. The van der Waals surface area contributed by atoms with Crippen molar-refractivity contribution in [1.82, 2.24) is 14.5 Å². The van der Waals surface area contributed by atoms with Gasteiger partial charge in [0.2, 0.25) is 0 Å². The van der Waals surface area contributed by atoms with Crippen LogP contribution in [0.5, 0.6) is 0 Å². The molecule has 0 atom stereocenters. The summed E-state index contributed by atoms with van der Waals surface area (Å²) in [4.78, 5) is 23.7. The van der Waals surface area contributed by atoms with E-state index in [1.807, 2.05) is 16.7 Å². The summed E-state index contributed by atoms with van der Waals surface area (Å²) in [6, 6.07) is 17.2. The molecule has 4 aromatic rings. The lowest BCUT2D eigenvalue weighted by Crippen LogP contribution is -2.35. The molecule has 0 saturated heterocycles. The van der Waals surface area contributed by atoms with Gasteiger partial charge in [-0.05, 0) is 57.4 Å². The highest BCUT2D eigenvalue weighted by Gasteiger charge is 2.26. The van der Waals surface area contributed by atoms with Gasteiger partial charge in [0.15, 0.2) is 5.16 Å². The summed E-state index contributed by atoms with van der Waals surface area (Å²) in [6.07, 6.45) is 0.911. The summed E-state index contributed by atoms with van der Waals surface area (Å²) in [7, 11) is 0. The topological polar surface area (TPSA) is 38.1 Å². The Hall–Kier alpha value is -2.41. The smallest absolute Gasteiger partial charge is 0.267 e. The molecular weight excluding hydrogens is 446 g/mol. The van der Waals surface area contributed by atoms with Crippen molar-refractivity contribution in [3.8, 4) is 5.69 Å². The first kappa shape index (κ1) is 22.4. The Morgan fingerprint density at radius 1 is 1.03 bits per heavy atom. The molecule has 3 heterocycles. The number of aromatic nitrogens is 2. The number of aryl methyl sites for hydroxylation is 2. The molecule has 1 aliphatic heterocycles. The SMILES string of the molecule is Cc1ccc(CSc2nc3sc4c(c3c(=O)n2-c2ccc(C)cc2)CCN(C(C)C)C4)cc1. The molecule has 0 radical (unpaired) electrons. The molecule has 0 fully saturated rings. The first-order chi connectivity index (χ1) is 15.9. The largest absolute Gasteiger partial charge is 0.296 e. The van der Waals surface area contributed by atoms with E-state index in [-0.39, 0.29) is 5.56 Å². The van der Waals surface area contributed by atoms with Gasteiger partial charge < -0.3 is 0 Å². The second-order valence-corrected chi connectivity index (χ2v) is 11.2. The average molecular weight is 476 g/mol. The van der Waals surface area contributed by atoms with Crippen molar-refractivity contribution in [3.05, 3.63) is 86.0 Å². The lowest BCUT2D eigenvalue weighted by atomic mass is 10.0. The number of thiophene rings is 1. The Morgan fingerprint density at radius 3 is 2.36 bits per heavy atom. The van der Waals surface area contributed by atoms with Crippen LogP contribution >= 0.6 is 23.1 Å². The molecule has 0 spiro atoms. The zero-order valence-corrected chi connectivity index (χ0v) is 21.2. The van der Waals surface area contributed by atoms with Crippen molar-refractivity contribution in [2.75, 3.05) is 6.54 Å². The van der Waals surface area contributed by atoms with E-state index in [0.29, 0.717) is 6.04 Å². The molecule has 0 bridgehead atoms. The van der Waals surface area contributed by atoms with Gasteiger partial charge in [-0.15, -0.1) is 11.3 Å². The summed E-state index contributed by atoms with van der Waals surface area (Å²) < 4.78 is 1.82. The molecule has 0 N–H and O–H groups in total. The Labute approximate surface area is 203 Å². The summed E-state index contributed by atoms with van der Waals surface area (Å²) in [5.74, 6) is 0.774. The van der Waals surface area contributed by atoms with Crippen molar-refractivity contribution in [2.24, 2.45) is 0 Å². The molecule has 0 unspecified atom stereocenters. The molecule has 1 aliphatic rings. The normalized spacial score (nSPS) is 14.2. The minimum absolute atomic E-state index is 0.0609. The van der Waals surface area contributed by atoms with Gasteiger partial charge in [0, 0.05) is 29.8 Å². The van der Waals surface area contributed by atoms with E-state index < -0.39 is 0 Å². The highest BCUT2D eigenvalue weighted by atomic mass is 32.2. The zero-order valence-electron chi connectivity index (χ0n) is 19.6. The van der Waals surface area contributed by atoms with E-state index in [1.54, 1.807) is 23.1 Å². The van der Waals surface area contributed by atoms with E-state index in [1.165, 1.54) is 27.1 Å². The highest BCUT2D eigenvalue weighted by molar-refractivity contribution is 7.98. The molecule has 0 amide bonds. The molecule has 0 aliphatic carbocycles. The Bertz CT molecular complexity index is 1350. The van der Waals surface area contributed by atoms with E-state index in [0.717, 1.165) is 46.3 Å². The van der Waals surface area contributed by atoms with E-state index in [2.05, 4.69) is 69.0 Å². The van der Waals surface area contributed by atoms with Crippen molar-refractivity contribution in [3.63, 3.8) is 0 Å². The molecule has 6 heteroatoms. The molecule has 170 valence electrons. The number of rotatable bonds is 5. The van der Waals surface area contributed by atoms with E-state index in [9.17, 15) is 4.79 Å². The van der Waals surface area contributed by atoms with Crippen LogP contribution in [0.3, 0.4) is 0 Å². The fourth-order valence-electron chi connectivity index (χ4n) is 4.34. The molecule has 2 aromatic carbocycles. The van der Waals surface area contributed by atoms with Gasteiger partial charge in [-0.3, -0.25) is 14.3 Å². The van der Waals surface area contributed by atoms with Crippen LogP contribution in [0.15, 0.2) is 58.5 Å². The van der Waals surface area contributed by atoms with E-state index in [4.69, 9.17) is 4.98 Å². The fraction of sp³-hybridized carbons (Fsp3) is 0.333. The van der Waals surface area contributed by atoms with Crippen LogP contribution in [0, 0.1) is 13.8 Å². The Morgan fingerprint density at radius 2 is 1.70 bits per heavy atom. The molecule has 0 saturated carbocycles. The predicted octanol–water partition coefficient (Wildman–Crippen LogP) is 6.12. The van der Waals surface area contributed by atoms with Gasteiger partial charge in [0.1, 0.15) is 4.83 Å². The van der Waals surface area contributed by atoms with Crippen LogP contribution in [0.25, 0.3) is 15.9 Å². The van der Waals surface area contributed by atoms with Gasteiger partial charge >= 0.3 is 0 Å². The van der Waals surface area contributed by atoms with Gasteiger partial charge in [-0.1, -0.05) is 59.3 Å². The van der Waals surface area contributed by atoms with Gasteiger partial charge in [0.05, 0.1) is 11.1 Å². The zero-order chi connectivity index (χ0) is 23.1. The minimum atomic E-state index is 0.0609. The third-order valence-corrected chi connectivity index (χ3v) is 8.50. The molecule has 33 heavy (non-hydrogen) atoms. The number of hydrogen-bond acceptors (Lipinski definition) is 5. The van der Waals surface area contributed by atoms with Gasteiger partial charge in [-0.2, -0.15) is 0 Å². The maximum absolute atomic E-state index is 13.9. The standard InChI is InChI=1S/C27H29N3OS2/c1-17(2)29-14-13-22-23(15-29)33-25-24(22)26(31)30(21-11-7-19(4)8-12-21)27(28-25)32-16-20-9-5-18(3)6-10-20/h5-12,17H,13-16H2,1-4H3. The second kappa shape index (κ2) is 9.09. The average Bonchev–Trinajstić information content (AvgIpc) is 3.17. The molecule has 4 nitrogen and oxygen atoms in total. The van der Waals surface area contributed by atoms with Crippen molar-refractivity contribution in [1.29, 1.82) is 0 Å². The molecular formula is C27H29N3OS2. The quantitative estimate of drug-likeness (QED) is 0.257. The lowest BCUT2D eigenvalue weighted by Gasteiger charge is -2.30. The Kier molecular flexibility index (Phi) is 6.16. The maximum Gasteiger partial charge on any atom is 0.267 e. The summed E-state index contributed by atoms with van der Waals surface area (Å²) in [5, 5.41) is 1.58. The van der Waals surface area contributed by atoms with Gasteiger partial charge in [-0.25, -0.2) is 4.98 Å². The molecule has 5 rings (SSSR count). The van der Waals surface area contributed by atoms with Crippen LogP contribution in [0.1, 0.15) is 41.0 Å². The van der Waals surface area contributed by atoms with Crippen LogP contribution in [0.4, 0.5) is 0 Å².